The Balaban J connectivity index is 1.50. The molecule has 5 rings (SSSR count). The summed E-state index contributed by atoms with van der Waals surface area (Å²) in [5, 5.41) is 7.37. The van der Waals surface area contributed by atoms with E-state index in [2.05, 4.69) is 43.7 Å². The van der Waals surface area contributed by atoms with E-state index in [-0.39, 0.29) is 0 Å². The van der Waals surface area contributed by atoms with Crippen LogP contribution in [0.1, 0.15) is 0 Å². The summed E-state index contributed by atoms with van der Waals surface area (Å²) in [6.07, 6.45) is 3.20. The number of pyridine rings is 1. The lowest BCUT2D eigenvalue weighted by Crippen LogP contribution is -2.36. The molecule has 0 bridgehead atoms. The first kappa shape index (κ1) is 20.8. The molecule has 33 heavy (non-hydrogen) atoms. The largest absolute Gasteiger partial charge is 0.453 e. The smallest absolute Gasteiger partial charge is 0.411 e. The Morgan fingerprint density at radius 3 is 2.76 bits per heavy atom. The number of aromatic amines is 1. The van der Waals surface area contributed by atoms with Gasteiger partial charge >= 0.3 is 6.09 Å². The molecule has 1 fully saturated rings. The molecule has 168 valence electrons. The van der Waals surface area contributed by atoms with Crippen molar-refractivity contribution >= 4 is 39.9 Å². The van der Waals surface area contributed by atoms with Gasteiger partial charge in [0.05, 0.1) is 20.3 Å². The van der Waals surface area contributed by atoms with Crippen LogP contribution in [-0.2, 0) is 9.47 Å². The van der Waals surface area contributed by atoms with Crippen molar-refractivity contribution in [3.63, 3.8) is 0 Å². The molecular formula is C25H25N5O3. The van der Waals surface area contributed by atoms with Gasteiger partial charge in [-0.25, -0.2) is 9.78 Å². The Hall–Kier alpha value is -4.04. The van der Waals surface area contributed by atoms with Gasteiger partial charge in [0.15, 0.2) is 0 Å². The second-order valence-electron chi connectivity index (χ2n) is 7.79. The third-order valence-corrected chi connectivity index (χ3v) is 5.64. The highest BCUT2D eigenvalue weighted by Gasteiger charge is 2.14. The molecule has 1 saturated heterocycles. The van der Waals surface area contributed by atoms with E-state index in [0.717, 1.165) is 52.3 Å². The number of hydrogen-bond donors (Lipinski definition) is 3. The number of ether oxygens (including phenoxy) is 2. The Morgan fingerprint density at radius 2 is 1.91 bits per heavy atom. The van der Waals surface area contributed by atoms with Gasteiger partial charge in [-0.1, -0.05) is 12.1 Å². The number of carbonyl (C=O) groups is 1. The summed E-state index contributed by atoms with van der Waals surface area (Å²) >= 11 is 0. The number of methoxy groups -OCH3 is 1. The number of aromatic nitrogens is 2. The fourth-order valence-electron chi connectivity index (χ4n) is 4.06. The number of benzene rings is 2. The topological polar surface area (TPSA) is 91.5 Å². The molecule has 0 atom stereocenters. The second kappa shape index (κ2) is 9.22. The summed E-state index contributed by atoms with van der Waals surface area (Å²) in [5.74, 6) is 0.907. The van der Waals surface area contributed by atoms with Crippen LogP contribution in [0.2, 0.25) is 0 Å². The van der Waals surface area contributed by atoms with Crippen molar-refractivity contribution in [3.05, 3.63) is 67.0 Å². The monoisotopic (exact) mass is 443 g/mol. The number of anilines is 4. The van der Waals surface area contributed by atoms with Gasteiger partial charge in [0.25, 0.3) is 0 Å². The summed E-state index contributed by atoms with van der Waals surface area (Å²) in [6.45, 7) is 3.04. The Bertz CT molecular complexity index is 1280. The van der Waals surface area contributed by atoms with E-state index < -0.39 is 6.09 Å². The highest BCUT2D eigenvalue weighted by Crippen LogP contribution is 2.33. The molecule has 0 saturated carbocycles. The third kappa shape index (κ3) is 4.61. The zero-order valence-electron chi connectivity index (χ0n) is 18.3. The highest BCUT2D eigenvalue weighted by molar-refractivity contribution is 5.97. The Morgan fingerprint density at radius 1 is 1.06 bits per heavy atom. The minimum atomic E-state index is -0.517. The summed E-state index contributed by atoms with van der Waals surface area (Å²) in [6, 6.07) is 18.0. The Kier molecular flexibility index (Phi) is 5.82. The molecule has 1 amide bonds. The van der Waals surface area contributed by atoms with Gasteiger partial charge < -0.3 is 24.7 Å². The molecule has 3 N–H and O–H groups in total. The molecule has 2 aromatic heterocycles. The minimum absolute atomic E-state index is 0.517. The fourth-order valence-corrected chi connectivity index (χ4v) is 4.06. The van der Waals surface area contributed by atoms with Gasteiger partial charge in [-0.15, -0.1) is 0 Å². The predicted octanol–water partition coefficient (Wildman–Crippen LogP) is 4.99. The third-order valence-electron chi connectivity index (χ3n) is 5.64. The zero-order chi connectivity index (χ0) is 22.6. The lowest BCUT2D eigenvalue weighted by molar-refractivity contribution is 0.122. The van der Waals surface area contributed by atoms with E-state index in [1.807, 2.05) is 42.6 Å². The summed E-state index contributed by atoms with van der Waals surface area (Å²) in [4.78, 5) is 21.9. The van der Waals surface area contributed by atoms with E-state index in [9.17, 15) is 4.79 Å². The average molecular weight is 444 g/mol. The molecule has 0 spiro atoms. The summed E-state index contributed by atoms with van der Waals surface area (Å²) in [7, 11) is 1.35. The van der Waals surface area contributed by atoms with Crippen molar-refractivity contribution in [1.29, 1.82) is 0 Å². The molecule has 0 radical (unpaired) electrons. The fraction of sp³-hybridized carbons (Fsp3) is 0.200. The summed E-state index contributed by atoms with van der Waals surface area (Å²) in [5.41, 5.74) is 5.47. The van der Waals surface area contributed by atoms with Crippen LogP contribution in [0.5, 0.6) is 0 Å². The maximum absolute atomic E-state index is 11.9. The van der Waals surface area contributed by atoms with Crippen LogP contribution < -0.4 is 15.5 Å². The van der Waals surface area contributed by atoms with Gasteiger partial charge in [-0.3, -0.25) is 5.32 Å². The van der Waals surface area contributed by atoms with Gasteiger partial charge in [0, 0.05) is 59.5 Å². The van der Waals surface area contributed by atoms with Gasteiger partial charge in [0.2, 0.25) is 0 Å². The molecule has 8 heteroatoms. The number of hydrogen-bond acceptors (Lipinski definition) is 6. The van der Waals surface area contributed by atoms with Crippen LogP contribution in [-0.4, -0.2) is 49.5 Å². The zero-order valence-corrected chi connectivity index (χ0v) is 18.3. The second-order valence-corrected chi connectivity index (χ2v) is 7.79. The van der Waals surface area contributed by atoms with E-state index >= 15 is 0 Å². The van der Waals surface area contributed by atoms with Crippen molar-refractivity contribution in [1.82, 2.24) is 9.97 Å². The predicted molar refractivity (Wildman–Crippen MR) is 130 cm³/mol. The van der Waals surface area contributed by atoms with Crippen LogP contribution in [0, 0.1) is 0 Å². The van der Waals surface area contributed by atoms with Crippen molar-refractivity contribution in [2.45, 2.75) is 0 Å². The lowest BCUT2D eigenvalue weighted by Gasteiger charge is -2.28. The standard InChI is InChI=1S/C25H25N5O3/c1-32-25(31)29-20-14-17(21-3-2-4-23-22(21)6-8-26-23)13-19(15-20)28-18-5-7-27-24(16-18)30-9-11-33-12-10-30/h2-8,13-16,26H,9-12H2,1H3,(H,27,28)(H,29,31). The van der Waals surface area contributed by atoms with E-state index in [4.69, 9.17) is 9.47 Å². The lowest BCUT2D eigenvalue weighted by atomic mass is 10.0. The molecule has 8 nitrogen and oxygen atoms in total. The van der Waals surface area contributed by atoms with Crippen LogP contribution in [0.25, 0.3) is 22.0 Å². The molecular weight excluding hydrogens is 418 g/mol. The van der Waals surface area contributed by atoms with Gasteiger partial charge in [-0.05, 0) is 47.5 Å². The first-order valence-electron chi connectivity index (χ1n) is 10.8. The summed E-state index contributed by atoms with van der Waals surface area (Å²) < 4.78 is 10.2. The van der Waals surface area contributed by atoms with Crippen LogP contribution >= 0.6 is 0 Å². The normalized spacial score (nSPS) is 13.7. The first-order valence-corrected chi connectivity index (χ1v) is 10.8. The number of carbonyl (C=O) groups excluding carboxylic acids is 1. The molecule has 2 aromatic carbocycles. The maximum Gasteiger partial charge on any atom is 0.411 e. The first-order chi connectivity index (χ1) is 16.2. The molecule has 1 aliphatic heterocycles. The van der Waals surface area contributed by atoms with Crippen molar-refractivity contribution < 1.29 is 14.3 Å². The molecule has 0 unspecified atom stereocenters. The maximum atomic E-state index is 11.9. The molecule has 0 aliphatic carbocycles. The van der Waals surface area contributed by atoms with Crippen molar-refractivity contribution in [2.75, 3.05) is 48.9 Å². The van der Waals surface area contributed by atoms with Crippen molar-refractivity contribution in [3.8, 4) is 11.1 Å². The van der Waals surface area contributed by atoms with E-state index in [0.29, 0.717) is 18.9 Å². The SMILES string of the molecule is COC(=O)Nc1cc(Nc2ccnc(N3CCOCC3)c2)cc(-c2cccc3[nH]ccc23)c1. The number of rotatable bonds is 5. The van der Waals surface area contributed by atoms with E-state index in [1.54, 1.807) is 6.20 Å². The Labute approximate surface area is 191 Å². The number of H-pyrrole nitrogens is 1. The van der Waals surface area contributed by atoms with Crippen LogP contribution in [0.15, 0.2) is 67.0 Å². The molecule has 3 heterocycles. The van der Waals surface area contributed by atoms with Gasteiger partial charge in [0.1, 0.15) is 5.82 Å². The average Bonchev–Trinajstić information content (AvgIpc) is 3.34. The number of amides is 1. The highest BCUT2D eigenvalue weighted by atomic mass is 16.5. The van der Waals surface area contributed by atoms with Gasteiger partial charge in [-0.2, -0.15) is 0 Å². The number of nitrogens with zero attached hydrogens (tertiary/aromatic N) is 2. The quantitative estimate of drug-likeness (QED) is 0.403. The van der Waals surface area contributed by atoms with E-state index in [1.165, 1.54) is 7.11 Å². The van der Waals surface area contributed by atoms with Crippen molar-refractivity contribution in [2.24, 2.45) is 0 Å². The number of nitrogens with one attached hydrogen (secondary N) is 3. The van der Waals surface area contributed by atoms with Crippen LogP contribution in [0.3, 0.4) is 0 Å². The molecule has 1 aliphatic rings. The number of fused-ring (bicyclic) bond motifs is 1. The minimum Gasteiger partial charge on any atom is -0.453 e. The molecule has 4 aromatic rings. The van der Waals surface area contributed by atoms with Crippen LogP contribution in [0.4, 0.5) is 27.7 Å². The number of morpholine rings is 1.